The first-order chi connectivity index (χ1) is 6.90. The lowest BCUT2D eigenvalue weighted by atomic mass is 10.2. The fraction of sp³-hybridized carbons (Fsp3) is 0.667. The standard InChI is InChI=1S/C9H14N2O3S/c1-2-6-5-9(6,10)8(12)11-15(13,14)7-3-4-7/h2,6-7H,1,3-5,10H2,(H,11,12)/p+1/t6?,9-/m1/s1. The Morgan fingerprint density at radius 1 is 1.53 bits per heavy atom. The monoisotopic (exact) mass is 231 g/mol. The summed E-state index contributed by atoms with van der Waals surface area (Å²) in [6, 6.07) is 0. The van der Waals surface area contributed by atoms with Crippen LogP contribution in [0, 0.1) is 5.92 Å². The smallest absolute Gasteiger partial charge is 0.295 e. The maximum atomic E-state index is 11.6. The largest absolute Gasteiger partial charge is 0.344 e. The maximum absolute atomic E-state index is 11.6. The second-order valence-electron chi connectivity index (χ2n) is 4.38. The highest BCUT2D eigenvalue weighted by Crippen LogP contribution is 2.40. The Hall–Kier alpha value is -0.880. The molecule has 1 amide bonds. The van der Waals surface area contributed by atoms with Gasteiger partial charge in [0.1, 0.15) is 0 Å². The van der Waals surface area contributed by atoms with E-state index in [9.17, 15) is 13.2 Å². The molecule has 2 saturated carbocycles. The number of hydrogen-bond acceptors (Lipinski definition) is 3. The Kier molecular flexibility index (Phi) is 2.16. The summed E-state index contributed by atoms with van der Waals surface area (Å²) in [6.45, 7) is 3.58. The number of carbonyl (C=O) groups excluding carboxylic acids is 1. The van der Waals surface area contributed by atoms with Gasteiger partial charge in [-0.1, -0.05) is 6.08 Å². The number of carbonyl (C=O) groups is 1. The molecule has 0 saturated heterocycles. The molecule has 0 bridgehead atoms. The molecule has 84 valence electrons. The van der Waals surface area contributed by atoms with Crippen LogP contribution in [0.5, 0.6) is 0 Å². The molecule has 2 rings (SSSR count). The lowest BCUT2D eigenvalue weighted by Crippen LogP contribution is -2.72. The Morgan fingerprint density at radius 3 is 2.53 bits per heavy atom. The first-order valence-electron chi connectivity index (χ1n) is 4.94. The Morgan fingerprint density at radius 2 is 2.13 bits per heavy atom. The molecule has 0 aromatic rings. The van der Waals surface area contributed by atoms with Gasteiger partial charge in [-0.05, 0) is 12.8 Å². The summed E-state index contributed by atoms with van der Waals surface area (Å²) in [6.07, 6.45) is 3.54. The van der Waals surface area contributed by atoms with Crippen molar-refractivity contribution in [3.05, 3.63) is 12.7 Å². The van der Waals surface area contributed by atoms with E-state index < -0.39 is 21.5 Å². The van der Waals surface area contributed by atoms with Crippen LogP contribution < -0.4 is 10.5 Å². The molecule has 2 aliphatic rings. The Balaban J connectivity index is 2.02. The van der Waals surface area contributed by atoms with Crippen LogP contribution in [0.3, 0.4) is 0 Å². The molecule has 2 atom stereocenters. The van der Waals surface area contributed by atoms with Crippen LogP contribution >= 0.6 is 0 Å². The van der Waals surface area contributed by atoms with Gasteiger partial charge in [0, 0.05) is 12.3 Å². The van der Waals surface area contributed by atoms with Crippen molar-refractivity contribution in [1.82, 2.24) is 4.72 Å². The number of amides is 1. The lowest BCUT2D eigenvalue weighted by molar-refractivity contribution is -0.423. The minimum atomic E-state index is -3.43. The number of sulfonamides is 1. The molecule has 1 unspecified atom stereocenters. The third-order valence-electron chi connectivity index (χ3n) is 3.07. The van der Waals surface area contributed by atoms with Crippen molar-refractivity contribution < 1.29 is 18.9 Å². The molecule has 5 nitrogen and oxygen atoms in total. The molecule has 4 N–H and O–H groups in total. The molecular formula is C9H15N2O3S+. The molecule has 2 fully saturated rings. The van der Waals surface area contributed by atoms with Crippen LogP contribution in [-0.4, -0.2) is 25.1 Å². The van der Waals surface area contributed by atoms with E-state index in [2.05, 4.69) is 17.0 Å². The number of hydrogen-bond donors (Lipinski definition) is 2. The van der Waals surface area contributed by atoms with Gasteiger partial charge in [0.15, 0.2) is 5.54 Å². The lowest BCUT2D eigenvalue weighted by Gasteiger charge is -2.08. The van der Waals surface area contributed by atoms with Crippen LogP contribution in [0.15, 0.2) is 12.7 Å². The highest BCUT2D eigenvalue weighted by Gasteiger charge is 2.61. The number of quaternary nitrogens is 1. The molecule has 6 heteroatoms. The quantitative estimate of drug-likeness (QED) is 0.594. The summed E-state index contributed by atoms with van der Waals surface area (Å²) in [4.78, 5) is 11.6. The third-order valence-corrected chi connectivity index (χ3v) is 4.89. The number of nitrogens with one attached hydrogen (secondary N) is 1. The first-order valence-corrected chi connectivity index (χ1v) is 6.49. The fourth-order valence-electron chi connectivity index (χ4n) is 1.60. The topological polar surface area (TPSA) is 90.9 Å². The van der Waals surface area contributed by atoms with Crippen molar-refractivity contribution in [3.63, 3.8) is 0 Å². The minimum Gasteiger partial charge on any atom is -0.344 e. The molecule has 0 aliphatic heterocycles. The second-order valence-corrected chi connectivity index (χ2v) is 6.34. The second kappa shape index (κ2) is 3.05. The van der Waals surface area contributed by atoms with E-state index in [0.717, 1.165) is 0 Å². The normalized spacial score (nSPS) is 34.6. The minimum absolute atomic E-state index is 0.00639. The molecule has 0 aromatic carbocycles. The van der Waals surface area contributed by atoms with Gasteiger partial charge in [-0.25, -0.2) is 13.1 Å². The predicted octanol–water partition coefficient (Wildman–Crippen LogP) is -1.22. The zero-order valence-corrected chi connectivity index (χ0v) is 9.22. The van der Waals surface area contributed by atoms with Crippen LogP contribution in [0.25, 0.3) is 0 Å². The Labute approximate surface area is 88.8 Å². The van der Waals surface area contributed by atoms with Crippen LogP contribution in [0.4, 0.5) is 0 Å². The van der Waals surface area contributed by atoms with Gasteiger partial charge in [0.25, 0.3) is 5.91 Å². The maximum Gasteiger partial charge on any atom is 0.295 e. The molecule has 0 aromatic heterocycles. The van der Waals surface area contributed by atoms with Gasteiger partial charge >= 0.3 is 0 Å². The molecule has 15 heavy (non-hydrogen) atoms. The average Bonchev–Trinajstić information content (AvgIpc) is 2.97. The summed E-state index contributed by atoms with van der Waals surface area (Å²) in [5.74, 6) is -0.480. The zero-order valence-electron chi connectivity index (χ0n) is 8.40. The SMILES string of the molecule is C=CC1C[C@]1([NH3+])C(=O)NS(=O)(=O)C1CC1. The summed E-state index contributed by atoms with van der Waals surface area (Å²) in [7, 11) is -3.43. The molecular weight excluding hydrogens is 216 g/mol. The van der Waals surface area contributed by atoms with Crippen molar-refractivity contribution >= 4 is 15.9 Å². The van der Waals surface area contributed by atoms with Crippen molar-refractivity contribution in [2.45, 2.75) is 30.1 Å². The van der Waals surface area contributed by atoms with Crippen molar-refractivity contribution in [1.29, 1.82) is 0 Å². The summed E-state index contributed by atoms with van der Waals surface area (Å²) >= 11 is 0. The molecule has 0 radical (unpaired) electrons. The summed E-state index contributed by atoms with van der Waals surface area (Å²) < 4.78 is 25.1. The van der Waals surface area contributed by atoms with Gasteiger partial charge in [-0.15, -0.1) is 6.58 Å². The zero-order chi connectivity index (χ0) is 11.3. The summed E-state index contributed by atoms with van der Waals surface area (Å²) in [5, 5.41) is -0.369. The van der Waals surface area contributed by atoms with Gasteiger partial charge < -0.3 is 5.73 Å². The van der Waals surface area contributed by atoms with Crippen LogP contribution in [-0.2, 0) is 14.8 Å². The highest BCUT2D eigenvalue weighted by atomic mass is 32.2. The molecule has 2 aliphatic carbocycles. The number of rotatable bonds is 4. The van der Waals surface area contributed by atoms with E-state index in [1.54, 1.807) is 6.08 Å². The molecule has 0 spiro atoms. The van der Waals surface area contributed by atoms with Gasteiger partial charge in [-0.3, -0.25) is 4.79 Å². The predicted molar refractivity (Wildman–Crippen MR) is 54.0 cm³/mol. The Bertz CT molecular complexity index is 413. The van der Waals surface area contributed by atoms with Gasteiger partial charge in [0.05, 0.1) is 5.25 Å². The van der Waals surface area contributed by atoms with E-state index in [0.29, 0.717) is 19.3 Å². The van der Waals surface area contributed by atoms with E-state index >= 15 is 0 Å². The molecule has 0 heterocycles. The van der Waals surface area contributed by atoms with E-state index in [1.807, 2.05) is 0 Å². The van der Waals surface area contributed by atoms with Crippen LogP contribution in [0.2, 0.25) is 0 Å². The highest BCUT2D eigenvalue weighted by molar-refractivity contribution is 7.90. The first kappa shape index (κ1) is 10.6. The van der Waals surface area contributed by atoms with Crippen molar-refractivity contribution in [2.75, 3.05) is 0 Å². The van der Waals surface area contributed by atoms with Gasteiger partial charge in [0.2, 0.25) is 10.0 Å². The summed E-state index contributed by atoms with van der Waals surface area (Å²) in [5.41, 5.74) is 2.95. The van der Waals surface area contributed by atoms with Gasteiger partial charge in [-0.2, -0.15) is 0 Å². The average molecular weight is 231 g/mol. The fourth-order valence-corrected chi connectivity index (χ4v) is 2.98. The van der Waals surface area contributed by atoms with E-state index in [-0.39, 0.29) is 11.2 Å². The van der Waals surface area contributed by atoms with Crippen molar-refractivity contribution in [3.8, 4) is 0 Å². The van der Waals surface area contributed by atoms with Crippen molar-refractivity contribution in [2.24, 2.45) is 5.92 Å². The van der Waals surface area contributed by atoms with E-state index in [4.69, 9.17) is 0 Å². The third kappa shape index (κ3) is 1.79. The van der Waals surface area contributed by atoms with Crippen LogP contribution in [0.1, 0.15) is 19.3 Å². The van der Waals surface area contributed by atoms with E-state index in [1.165, 1.54) is 0 Å².